The summed E-state index contributed by atoms with van der Waals surface area (Å²) in [6.07, 6.45) is -0.580. The van der Waals surface area contributed by atoms with Crippen LogP contribution in [0.25, 0.3) is 0 Å². The van der Waals surface area contributed by atoms with Crippen LogP contribution in [-0.2, 0) is 4.74 Å². The Kier molecular flexibility index (Phi) is 3.97. The minimum atomic E-state index is -0.580. The lowest BCUT2D eigenvalue weighted by molar-refractivity contribution is 0.0636. The van der Waals surface area contributed by atoms with Crippen molar-refractivity contribution in [2.75, 3.05) is 5.32 Å². The van der Waals surface area contributed by atoms with Crippen LogP contribution in [0.3, 0.4) is 0 Å². The highest BCUT2D eigenvalue weighted by Crippen LogP contribution is 2.23. The van der Waals surface area contributed by atoms with E-state index in [2.05, 4.69) is 5.32 Å². The maximum absolute atomic E-state index is 11.5. The average Bonchev–Trinajstić information content (AvgIpc) is 2.18. The first-order valence-electron chi connectivity index (χ1n) is 5.01. The molecule has 0 atom stereocenters. The van der Waals surface area contributed by atoms with Crippen molar-refractivity contribution in [1.29, 1.82) is 5.26 Å². The van der Waals surface area contributed by atoms with E-state index in [4.69, 9.17) is 21.6 Å². The molecule has 1 N–H and O–H groups in total. The summed E-state index contributed by atoms with van der Waals surface area (Å²) in [5, 5.41) is 11.5. The molecular formula is C12H13ClN2O2. The summed E-state index contributed by atoms with van der Waals surface area (Å²) in [7, 11) is 0. The first-order chi connectivity index (χ1) is 7.81. The van der Waals surface area contributed by atoms with Crippen LogP contribution in [0.1, 0.15) is 26.3 Å². The topological polar surface area (TPSA) is 62.1 Å². The molecule has 1 amide bonds. The predicted molar refractivity (Wildman–Crippen MR) is 66.0 cm³/mol. The Morgan fingerprint density at radius 1 is 1.47 bits per heavy atom. The molecule has 90 valence electrons. The molecule has 0 aromatic heterocycles. The number of benzene rings is 1. The molecule has 0 aliphatic carbocycles. The van der Waals surface area contributed by atoms with Crippen molar-refractivity contribution in [3.05, 3.63) is 28.8 Å². The van der Waals surface area contributed by atoms with E-state index < -0.39 is 11.7 Å². The van der Waals surface area contributed by atoms with Crippen LogP contribution in [0, 0.1) is 11.3 Å². The van der Waals surface area contributed by atoms with Gasteiger partial charge in [0.25, 0.3) is 0 Å². The molecule has 0 saturated carbocycles. The van der Waals surface area contributed by atoms with Crippen molar-refractivity contribution in [3.8, 4) is 6.07 Å². The molecule has 0 radical (unpaired) electrons. The molecule has 0 heterocycles. The largest absolute Gasteiger partial charge is 0.444 e. The van der Waals surface area contributed by atoms with Crippen molar-refractivity contribution in [2.24, 2.45) is 0 Å². The molecule has 0 aliphatic rings. The normalized spacial score (nSPS) is 10.5. The Hall–Kier alpha value is -1.73. The predicted octanol–water partition coefficient (Wildman–Crippen LogP) is 3.56. The lowest BCUT2D eigenvalue weighted by Crippen LogP contribution is -2.27. The van der Waals surface area contributed by atoms with Gasteiger partial charge in [0.15, 0.2) is 0 Å². The average molecular weight is 253 g/mol. The standard InChI is InChI=1S/C12H13ClN2O2/c1-12(2,3)17-11(16)15-10-5-4-8(7-14)6-9(10)13/h4-6H,1-3H3,(H,15,16). The second-order valence-corrected chi connectivity index (χ2v) is 4.84. The zero-order valence-corrected chi connectivity index (χ0v) is 10.6. The third kappa shape index (κ3) is 4.33. The van der Waals surface area contributed by atoms with Gasteiger partial charge >= 0.3 is 6.09 Å². The molecule has 1 rings (SSSR count). The van der Waals surface area contributed by atoms with Crippen LogP contribution in [-0.4, -0.2) is 11.7 Å². The van der Waals surface area contributed by atoms with E-state index >= 15 is 0 Å². The van der Waals surface area contributed by atoms with Gasteiger partial charge in [-0.2, -0.15) is 5.26 Å². The number of carbonyl (C=O) groups excluding carboxylic acids is 1. The fourth-order valence-electron chi connectivity index (χ4n) is 1.10. The van der Waals surface area contributed by atoms with Crippen molar-refractivity contribution in [1.82, 2.24) is 0 Å². The first-order valence-corrected chi connectivity index (χ1v) is 5.39. The fraction of sp³-hybridized carbons (Fsp3) is 0.333. The summed E-state index contributed by atoms with van der Waals surface area (Å²) in [6, 6.07) is 6.57. The number of anilines is 1. The highest BCUT2D eigenvalue weighted by molar-refractivity contribution is 6.33. The Morgan fingerprint density at radius 3 is 2.59 bits per heavy atom. The van der Waals surface area contributed by atoms with Gasteiger partial charge in [0.05, 0.1) is 22.3 Å². The summed E-state index contributed by atoms with van der Waals surface area (Å²) in [6.45, 7) is 5.31. The van der Waals surface area contributed by atoms with E-state index in [9.17, 15) is 4.79 Å². The molecule has 0 unspecified atom stereocenters. The molecule has 1 aromatic carbocycles. The summed E-state index contributed by atoms with van der Waals surface area (Å²) in [5.74, 6) is 0. The van der Waals surface area contributed by atoms with Crippen LogP contribution in [0.5, 0.6) is 0 Å². The maximum atomic E-state index is 11.5. The van der Waals surface area contributed by atoms with Gasteiger partial charge in [0.2, 0.25) is 0 Å². The van der Waals surface area contributed by atoms with Crippen LogP contribution in [0.4, 0.5) is 10.5 Å². The van der Waals surface area contributed by atoms with E-state index in [1.165, 1.54) is 6.07 Å². The lowest BCUT2D eigenvalue weighted by Gasteiger charge is -2.19. The zero-order valence-electron chi connectivity index (χ0n) is 9.87. The number of ether oxygens (including phenoxy) is 1. The number of halogens is 1. The third-order valence-electron chi connectivity index (χ3n) is 1.73. The number of amides is 1. The highest BCUT2D eigenvalue weighted by Gasteiger charge is 2.16. The molecule has 0 fully saturated rings. The number of nitrogens with zero attached hydrogens (tertiary/aromatic N) is 1. The number of hydrogen-bond acceptors (Lipinski definition) is 3. The van der Waals surface area contributed by atoms with Gasteiger partial charge in [-0.15, -0.1) is 0 Å². The monoisotopic (exact) mass is 252 g/mol. The highest BCUT2D eigenvalue weighted by atomic mass is 35.5. The quantitative estimate of drug-likeness (QED) is 0.831. The molecule has 0 bridgehead atoms. The summed E-state index contributed by atoms with van der Waals surface area (Å²) < 4.78 is 5.08. The first kappa shape index (κ1) is 13.3. The van der Waals surface area contributed by atoms with Gasteiger partial charge < -0.3 is 4.74 Å². The smallest absolute Gasteiger partial charge is 0.412 e. The molecule has 0 aliphatic heterocycles. The number of nitriles is 1. The molecule has 1 aromatic rings. The van der Waals surface area contributed by atoms with E-state index in [1.54, 1.807) is 32.9 Å². The molecule has 17 heavy (non-hydrogen) atoms. The lowest BCUT2D eigenvalue weighted by atomic mass is 10.2. The fourth-order valence-corrected chi connectivity index (χ4v) is 1.33. The second-order valence-electron chi connectivity index (χ2n) is 4.43. The number of carbonyl (C=O) groups is 1. The molecule has 4 nitrogen and oxygen atoms in total. The Labute approximate surface area is 105 Å². The number of nitrogens with one attached hydrogen (secondary N) is 1. The maximum Gasteiger partial charge on any atom is 0.412 e. The zero-order chi connectivity index (χ0) is 13.1. The van der Waals surface area contributed by atoms with E-state index in [1.807, 2.05) is 6.07 Å². The van der Waals surface area contributed by atoms with Gasteiger partial charge in [-0.05, 0) is 39.0 Å². The Bertz CT molecular complexity index is 472. The van der Waals surface area contributed by atoms with Gasteiger partial charge in [-0.25, -0.2) is 4.79 Å². The minimum absolute atomic E-state index is 0.301. The van der Waals surface area contributed by atoms with E-state index in [-0.39, 0.29) is 0 Å². The van der Waals surface area contributed by atoms with Crippen LogP contribution < -0.4 is 5.32 Å². The SMILES string of the molecule is CC(C)(C)OC(=O)Nc1ccc(C#N)cc1Cl. The van der Waals surface area contributed by atoms with Crippen LogP contribution in [0.2, 0.25) is 5.02 Å². The van der Waals surface area contributed by atoms with Crippen molar-refractivity contribution in [2.45, 2.75) is 26.4 Å². The summed E-state index contributed by atoms with van der Waals surface area (Å²) in [4.78, 5) is 11.5. The van der Waals surface area contributed by atoms with Crippen molar-refractivity contribution < 1.29 is 9.53 Å². The molecule has 5 heteroatoms. The number of rotatable bonds is 1. The minimum Gasteiger partial charge on any atom is -0.444 e. The Balaban J connectivity index is 2.76. The second kappa shape index (κ2) is 5.07. The molecular weight excluding hydrogens is 240 g/mol. The van der Waals surface area contributed by atoms with Gasteiger partial charge in [0, 0.05) is 0 Å². The van der Waals surface area contributed by atoms with Crippen molar-refractivity contribution >= 4 is 23.4 Å². The van der Waals surface area contributed by atoms with E-state index in [0.29, 0.717) is 16.3 Å². The molecule has 0 saturated heterocycles. The third-order valence-corrected chi connectivity index (χ3v) is 2.05. The summed E-state index contributed by atoms with van der Waals surface area (Å²) in [5.41, 5.74) is 0.285. The van der Waals surface area contributed by atoms with Gasteiger partial charge in [-0.3, -0.25) is 5.32 Å². The van der Waals surface area contributed by atoms with Gasteiger partial charge in [-0.1, -0.05) is 11.6 Å². The van der Waals surface area contributed by atoms with E-state index in [0.717, 1.165) is 0 Å². The van der Waals surface area contributed by atoms with Gasteiger partial charge in [0.1, 0.15) is 5.60 Å². The van der Waals surface area contributed by atoms with Crippen molar-refractivity contribution in [3.63, 3.8) is 0 Å². The van der Waals surface area contributed by atoms with Crippen LogP contribution in [0.15, 0.2) is 18.2 Å². The Morgan fingerprint density at radius 2 is 2.12 bits per heavy atom. The summed E-state index contributed by atoms with van der Waals surface area (Å²) >= 11 is 5.90. The molecule has 0 spiro atoms. The van der Waals surface area contributed by atoms with Crippen LogP contribution >= 0.6 is 11.6 Å². The number of hydrogen-bond donors (Lipinski definition) is 1.